The van der Waals surface area contributed by atoms with E-state index in [9.17, 15) is 0 Å². The average Bonchev–Trinajstić information content (AvgIpc) is 3.01. The molecule has 1 fully saturated rings. The highest BCUT2D eigenvalue weighted by Gasteiger charge is 2.30. The van der Waals surface area contributed by atoms with Gasteiger partial charge in [0.15, 0.2) is 0 Å². The molecule has 1 saturated carbocycles. The van der Waals surface area contributed by atoms with Crippen molar-refractivity contribution in [2.45, 2.75) is 25.3 Å². The normalized spacial score (nSPS) is 25.9. The Morgan fingerprint density at radius 2 is 2.43 bits per heavy atom. The number of rotatable bonds is 3. The third-order valence-electron chi connectivity index (χ3n) is 2.53. The molecule has 1 aliphatic carbocycles. The summed E-state index contributed by atoms with van der Waals surface area (Å²) in [5.74, 6) is 1.55. The number of nitriles is 1. The van der Waals surface area contributed by atoms with E-state index >= 15 is 0 Å². The lowest BCUT2D eigenvalue weighted by atomic mass is 10.1. The molecule has 1 aliphatic heterocycles. The Labute approximate surface area is 83.0 Å². The molecule has 1 atom stereocenters. The molecule has 0 aromatic heterocycles. The summed E-state index contributed by atoms with van der Waals surface area (Å²) in [7, 11) is 0. The van der Waals surface area contributed by atoms with Crippen LogP contribution in [0.2, 0.25) is 0 Å². The molecule has 1 unspecified atom stereocenters. The van der Waals surface area contributed by atoms with Crippen molar-refractivity contribution in [2.75, 3.05) is 6.61 Å². The number of hydrogen-bond donors (Lipinski definition) is 2. The first-order chi connectivity index (χ1) is 6.85. The highest BCUT2D eigenvalue weighted by atomic mass is 16.3. The van der Waals surface area contributed by atoms with Crippen LogP contribution in [-0.4, -0.2) is 23.6 Å². The SMILES string of the molecule is N#CC1=CNC(C2CC2)=NC1CCO. The van der Waals surface area contributed by atoms with Gasteiger partial charge in [0.05, 0.1) is 17.7 Å². The van der Waals surface area contributed by atoms with Gasteiger partial charge in [-0.2, -0.15) is 5.26 Å². The van der Waals surface area contributed by atoms with Crippen LogP contribution in [0.1, 0.15) is 19.3 Å². The van der Waals surface area contributed by atoms with Crippen LogP contribution < -0.4 is 5.32 Å². The zero-order valence-electron chi connectivity index (χ0n) is 7.90. The predicted molar refractivity (Wildman–Crippen MR) is 52.5 cm³/mol. The van der Waals surface area contributed by atoms with E-state index < -0.39 is 0 Å². The van der Waals surface area contributed by atoms with Crippen molar-refractivity contribution in [3.05, 3.63) is 11.8 Å². The maximum atomic E-state index is 8.85. The Hall–Kier alpha value is -1.34. The molecule has 2 N–H and O–H groups in total. The first-order valence-electron chi connectivity index (χ1n) is 4.90. The number of aliphatic hydroxyl groups excluding tert-OH is 1. The van der Waals surface area contributed by atoms with Gasteiger partial charge in [-0.05, 0) is 19.3 Å². The van der Waals surface area contributed by atoms with Gasteiger partial charge in [0.2, 0.25) is 0 Å². The number of amidine groups is 1. The van der Waals surface area contributed by atoms with E-state index in [1.807, 2.05) is 0 Å². The maximum Gasteiger partial charge on any atom is 0.104 e. The number of nitrogens with zero attached hydrogens (tertiary/aromatic N) is 2. The number of aliphatic hydroxyl groups is 1. The quantitative estimate of drug-likeness (QED) is 0.684. The summed E-state index contributed by atoms with van der Waals surface area (Å²) in [6, 6.07) is 1.96. The van der Waals surface area contributed by atoms with Crippen LogP contribution in [0, 0.1) is 17.2 Å². The van der Waals surface area contributed by atoms with E-state index in [2.05, 4.69) is 16.4 Å². The van der Waals surface area contributed by atoms with Gasteiger partial charge in [0.25, 0.3) is 0 Å². The summed E-state index contributed by atoms with van der Waals surface area (Å²) in [4.78, 5) is 4.44. The van der Waals surface area contributed by atoms with Crippen molar-refractivity contribution in [2.24, 2.45) is 10.9 Å². The summed E-state index contributed by atoms with van der Waals surface area (Å²) >= 11 is 0. The summed E-state index contributed by atoms with van der Waals surface area (Å²) < 4.78 is 0. The van der Waals surface area contributed by atoms with Gasteiger partial charge in [-0.1, -0.05) is 0 Å². The van der Waals surface area contributed by atoms with Gasteiger partial charge >= 0.3 is 0 Å². The Bertz CT molecular complexity index is 323. The second kappa shape index (κ2) is 3.81. The Balaban J connectivity index is 2.09. The van der Waals surface area contributed by atoms with E-state index in [1.54, 1.807) is 6.20 Å². The van der Waals surface area contributed by atoms with Gasteiger partial charge in [0.1, 0.15) is 5.84 Å². The monoisotopic (exact) mass is 191 g/mol. The van der Waals surface area contributed by atoms with Gasteiger partial charge in [-0.25, -0.2) is 0 Å². The largest absolute Gasteiger partial charge is 0.396 e. The molecule has 0 aromatic carbocycles. The molecule has 0 saturated heterocycles. The highest BCUT2D eigenvalue weighted by molar-refractivity contribution is 5.88. The lowest BCUT2D eigenvalue weighted by molar-refractivity contribution is 0.281. The zero-order valence-corrected chi connectivity index (χ0v) is 7.90. The Kier molecular flexibility index (Phi) is 2.51. The van der Waals surface area contributed by atoms with Crippen LogP contribution >= 0.6 is 0 Å². The van der Waals surface area contributed by atoms with Crippen LogP contribution in [0.3, 0.4) is 0 Å². The fraction of sp³-hybridized carbons (Fsp3) is 0.600. The smallest absolute Gasteiger partial charge is 0.104 e. The van der Waals surface area contributed by atoms with E-state index in [4.69, 9.17) is 10.4 Å². The summed E-state index contributed by atoms with van der Waals surface area (Å²) in [6.45, 7) is 0.0745. The summed E-state index contributed by atoms with van der Waals surface area (Å²) in [6.07, 6.45) is 4.64. The summed E-state index contributed by atoms with van der Waals surface area (Å²) in [5, 5.41) is 20.7. The highest BCUT2D eigenvalue weighted by Crippen LogP contribution is 2.31. The number of hydrogen-bond acceptors (Lipinski definition) is 4. The van der Waals surface area contributed by atoms with Gasteiger partial charge in [-0.3, -0.25) is 4.99 Å². The van der Waals surface area contributed by atoms with Crippen LogP contribution in [0.15, 0.2) is 16.8 Å². The van der Waals surface area contributed by atoms with Crippen molar-refractivity contribution in [3.63, 3.8) is 0 Å². The number of nitrogens with one attached hydrogen (secondary N) is 1. The van der Waals surface area contributed by atoms with E-state index in [-0.39, 0.29) is 12.6 Å². The topological polar surface area (TPSA) is 68.4 Å². The van der Waals surface area contributed by atoms with Crippen molar-refractivity contribution < 1.29 is 5.11 Å². The van der Waals surface area contributed by atoms with Crippen molar-refractivity contribution in [1.29, 1.82) is 5.26 Å². The molecular weight excluding hydrogens is 178 g/mol. The molecule has 14 heavy (non-hydrogen) atoms. The first-order valence-corrected chi connectivity index (χ1v) is 4.90. The molecule has 0 spiro atoms. The number of aliphatic imine (C=N–C) groups is 1. The van der Waals surface area contributed by atoms with Gasteiger partial charge in [-0.15, -0.1) is 0 Å². The van der Waals surface area contributed by atoms with Crippen molar-refractivity contribution in [1.82, 2.24) is 5.32 Å². The van der Waals surface area contributed by atoms with Crippen LogP contribution in [0.5, 0.6) is 0 Å². The first kappa shape index (κ1) is 9.22. The summed E-state index contributed by atoms with van der Waals surface area (Å²) in [5.41, 5.74) is 0.614. The molecule has 0 bridgehead atoms. The molecule has 0 amide bonds. The average molecular weight is 191 g/mol. The van der Waals surface area contributed by atoms with Crippen LogP contribution in [0.25, 0.3) is 0 Å². The minimum atomic E-state index is -0.137. The Morgan fingerprint density at radius 3 is 3.00 bits per heavy atom. The minimum Gasteiger partial charge on any atom is -0.396 e. The standard InChI is InChI=1S/C10H13N3O/c11-5-8-6-12-10(7-1-2-7)13-9(8)3-4-14/h6-7,9,14H,1-4H2,(H,12,13). The molecule has 74 valence electrons. The molecule has 2 aliphatic rings. The lowest BCUT2D eigenvalue weighted by Gasteiger charge is -2.18. The van der Waals surface area contributed by atoms with E-state index in [0.29, 0.717) is 17.9 Å². The lowest BCUT2D eigenvalue weighted by Crippen LogP contribution is -2.29. The van der Waals surface area contributed by atoms with E-state index in [0.717, 1.165) is 5.84 Å². The van der Waals surface area contributed by atoms with Gasteiger partial charge in [0, 0.05) is 18.7 Å². The van der Waals surface area contributed by atoms with Crippen LogP contribution in [0.4, 0.5) is 0 Å². The van der Waals surface area contributed by atoms with E-state index in [1.165, 1.54) is 12.8 Å². The third kappa shape index (κ3) is 1.78. The van der Waals surface area contributed by atoms with Crippen LogP contribution in [-0.2, 0) is 0 Å². The Morgan fingerprint density at radius 1 is 1.64 bits per heavy atom. The molecule has 4 nitrogen and oxygen atoms in total. The third-order valence-corrected chi connectivity index (χ3v) is 2.53. The molecule has 0 aromatic rings. The molecule has 2 rings (SSSR count). The molecule has 1 heterocycles. The fourth-order valence-electron chi connectivity index (χ4n) is 1.55. The molecular formula is C10H13N3O. The second-order valence-corrected chi connectivity index (χ2v) is 3.67. The second-order valence-electron chi connectivity index (χ2n) is 3.67. The zero-order chi connectivity index (χ0) is 9.97. The van der Waals surface area contributed by atoms with Crippen molar-refractivity contribution in [3.8, 4) is 6.07 Å². The van der Waals surface area contributed by atoms with Crippen molar-refractivity contribution >= 4 is 5.84 Å². The minimum absolute atomic E-state index is 0.0745. The molecule has 4 heteroatoms. The maximum absolute atomic E-state index is 8.85. The fourth-order valence-corrected chi connectivity index (χ4v) is 1.55. The predicted octanol–water partition coefficient (Wildman–Crippen LogP) is 0.557. The molecule has 0 radical (unpaired) electrons. The van der Waals surface area contributed by atoms with Gasteiger partial charge < -0.3 is 10.4 Å².